The molecular weight excluding hydrogens is 172 g/mol. The second-order valence-corrected chi connectivity index (χ2v) is 4.01. The molecule has 0 bridgehead atoms. The standard InChI is InChI=1S/C12H18N2/c1-3-14-7-6-11-8-10(9(2)13)4-5-12(11)14/h4-5,8-9H,3,6-7,13H2,1-2H3/t9-/m0/s1. The molecule has 0 radical (unpaired) electrons. The Kier molecular flexibility index (Phi) is 2.46. The Balaban J connectivity index is 2.34. The molecule has 0 saturated carbocycles. The van der Waals surface area contributed by atoms with E-state index < -0.39 is 0 Å². The minimum atomic E-state index is 0.149. The van der Waals surface area contributed by atoms with Crippen LogP contribution in [0.4, 0.5) is 5.69 Å². The third-order valence-corrected chi connectivity index (χ3v) is 3.00. The minimum Gasteiger partial charge on any atom is -0.371 e. The molecule has 2 N–H and O–H groups in total. The molecule has 14 heavy (non-hydrogen) atoms. The summed E-state index contributed by atoms with van der Waals surface area (Å²) >= 11 is 0. The molecule has 2 nitrogen and oxygen atoms in total. The number of benzene rings is 1. The third kappa shape index (κ3) is 1.50. The number of nitrogens with two attached hydrogens (primary N) is 1. The molecule has 1 heterocycles. The van der Waals surface area contributed by atoms with Crippen molar-refractivity contribution in [3.8, 4) is 0 Å². The van der Waals surface area contributed by atoms with Gasteiger partial charge in [0.15, 0.2) is 0 Å². The van der Waals surface area contributed by atoms with E-state index in [0.29, 0.717) is 0 Å². The van der Waals surface area contributed by atoms with E-state index in [4.69, 9.17) is 5.73 Å². The van der Waals surface area contributed by atoms with Crippen LogP contribution < -0.4 is 10.6 Å². The van der Waals surface area contributed by atoms with Crippen LogP contribution in [0.15, 0.2) is 18.2 Å². The first-order chi connectivity index (χ1) is 6.72. The topological polar surface area (TPSA) is 29.3 Å². The van der Waals surface area contributed by atoms with E-state index in [0.717, 1.165) is 13.1 Å². The molecule has 2 rings (SSSR count). The minimum absolute atomic E-state index is 0.149. The van der Waals surface area contributed by atoms with Gasteiger partial charge in [0.25, 0.3) is 0 Å². The zero-order valence-electron chi connectivity index (χ0n) is 8.96. The van der Waals surface area contributed by atoms with Crippen LogP contribution >= 0.6 is 0 Å². The maximum Gasteiger partial charge on any atom is 0.0399 e. The first-order valence-corrected chi connectivity index (χ1v) is 5.35. The van der Waals surface area contributed by atoms with Crippen molar-refractivity contribution in [1.82, 2.24) is 0 Å². The molecule has 0 unspecified atom stereocenters. The van der Waals surface area contributed by atoms with Gasteiger partial charge in [0.1, 0.15) is 0 Å². The summed E-state index contributed by atoms with van der Waals surface area (Å²) in [6.07, 6.45) is 1.17. The van der Waals surface area contributed by atoms with Gasteiger partial charge >= 0.3 is 0 Å². The first-order valence-electron chi connectivity index (χ1n) is 5.35. The zero-order valence-corrected chi connectivity index (χ0v) is 8.96. The summed E-state index contributed by atoms with van der Waals surface area (Å²) in [6.45, 7) is 6.50. The van der Waals surface area contributed by atoms with Crippen molar-refractivity contribution in [2.75, 3.05) is 18.0 Å². The fraction of sp³-hybridized carbons (Fsp3) is 0.500. The van der Waals surface area contributed by atoms with Crippen molar-refractivity contribution in [2.24, 2.45) is 5.73 Å². The summed E-state index contributed by atoms with van der Waals surface area (Å²) in [6, 6.07) is 6.77. The van der Waals surface area contributed by atoms with Gasteiger partial charge in [0, 0.05) is 24.8 Å². The summed E-state index contributed by atoms with van der Waals surface area (Å²) < 4.78 is 0. The molecule has 0 fully saturated rings. The van der Waals surface area contributed by atoms with Crippen LogP contribution in [0, 0.1) is 0 Å². The lowest BCUT2D eigenvalue weighted by Crippen LogP contribution is -2.19. The molecule has 1 aromatic rings. The maximum atomic E-state index is 5.86. The Bertz CT molecular complexity index is 331. The lowest BCUT2D eigenvalue weighted by Gasteiger charge is -2.17. The normalized spacial score (nSPS) is 16.9. The smallest absolute Gasteiger partial charge is 0.0399 e. The number of likely N-dealkylation sites (N-methyl/N-ethyl adjacent to an activating group) is 1. The van der Waals surface area contributed by atoms with E-state index in [9.17, 15) is 0 Å². The quantitative estimate of drug-likeness (QED) is 0.773. The van der Waals surface area contributed by atoms with E-state index in [-0.39, 0.29) is 6.04 Å². The van der Waals surface area contributed by atoms with Gasteiger partial charge in [-0.1, -0.05) is 12.1 Å². The summed E-state index contributed by atoms with van der Waals surface area (Å²) in [4.78, 5) is 2.42. The lowest BCUT2D eigenvalue weighted by molar-refractivity contribution is 0.816. The van der Waals surface area contributed by atoms with Gasteiger partial charge in [0.05, 0.1) is 0 Å². The molecule has 1 aliphatic heterocycles. The zero-order chi connectivity index (χ0) is 10.1. The summed E-state index contributed by atoms with van der Waals surface area (Å²) in [5.74, 6) is 0. The molecule has 76 valence electrons. The second kappa shape index (κ2) is 3.62. The fourth-order valence-electron chi connectivity index (χ4n) is 2.10. The van der Waals surface area contributed by atoms with E-state index >= 15 is 0 Å². The Morgan fingerprint density at radius 3 is 2.93 bits per heavy atom. The van der Waals surface area contributed by atoms with Crippen molar-refractivity contribution >= 4 is 5.69 Å². The first kappa shape index (κ1) is 9.53. The molecule has 1 atom stereocenters. The van der Waals surface area contributed by atoms with Crippen LogP contribution in [-0.2, 0) is 6.42 Å². The number of fused-ring (bicyclic) bond motifs is 1. The second-order valence-electron chi connectivity index (χ2n) is 4.01. The van der Waals surface area contributed by atoms with Gasteiger partial charge in [-0.2, -0.15) is 0 Å². The third-order valence-electron chi connectivity index (χ3n) is 3.00. The average molecular weight is 190 g/mol. The summed E-state index contributed by atoms with van der Waals surface area (Å²) in [5, 5.41) is 0. The lowest BCUT2D eigenvalue weighted by atomic mass is 10.0. The Labute approximate surface area is 85.7 Å². The highest BCUT2D eigenvalue weighted by molar-refractivity contribution is 5.59. The molecule has 0 aliphatic carbocycles. The molecule has 0 aromatic heterocycles. The number of nitrogens with zero attached hydrogens (tertiary/aromatic N) is 1. The summed E-state index contributed by atoms with van der Waals surface area (Å²) in [7, 11) is 0. The van der Waals surface area contributed by atoms with Gasteiger partial charge in [-0.3, -0.25) is 0 Å². The van der Waals surface area contributed by atoms with Crippen LogP contribution in [-0.4, -0.2) is 13.1 Å². The Morgan fingerprint density at radius 2 is 2.29 bits per heavy atom. The van der Waals surface area contributed by atoms with E-state index in [1.165, 1.54) is 23.2 Å². The van der Waals surface area contributed by atoms with Crippen LogP contribution in [0.5, 0.6) is 0 Å². The van der Waals surface area contributed by atoms with Crippen LogP contribution in [0.1, 0.15) is 31.0 Å². The van der Waals surface area contributed by atoms with Crippen molar-refractivity contribution in [2.45, 2.75) is 26.3 Å². The molecule has 1 aromatic carbocycles. The Hall–Kier alpha value is -1.02. The van der Waals surface area contributed by atoms with Gasteiger partial charge in [0.2, 0.25) is 0 Å². The molecular formula is C12H18N2. The van der Waals surface area contributed by atoms with Crippen molar-refractivity contribution in [1.29, 1.82) is 0 Å². The molecule has 0 spiro atoms. The van der Waals surface area contributed by atoms with Gasteiger partial charge in [-0.15, -0.1) is 0 Å². The number of rotatable bonds is 2. The monoisotopic (exact) mass is 190 g/mol. The van der Waals surface area contributed by atoms with Crippen molar-refractivity contribution in [3.63, 3.8) is 0 Å². The van der Waals surface area contributed by atoms with Crippen LogP contribution in [0.3, 0.4) is 0 Å². The van der Waals surface area contributed by atoms with Gasteiger partial charge < -0.3 is 10.6 Å². The molecule has 0 saturated heterocycles. The molecule has 1 aliphatic rings. The van der Waals surface area contributed by atoms with Crippen molar-refractivity contribution in [3.05, 3.63) is 29.3 Å². The van der Waals surface area contributed by atoms with E-state index in [1.54, 1.807) is 0 Å². The Morgan fingerprint density at radius 1 is 1.50 bits per heavy atom. The maximum absolute atomic E-state index is 5.86. The highest BCUT2D eigenvalue weighted by Crippen LogP contribution is 2.29. The van der Waals surface area contributed by atoms with Gasteiger partial charge in [-0.25, -0.2) is 0 Å². The largest absolute Gasteiger partial charge is 0.371 e. The number of hydrogen-bond donors (Lipinski definition) is 1. The molecule has 0 amide bonds. The number of hydrogen-bond acceptors (Lipinski definition) is 2. The fourth-order valence-corrected chi connectivity index (χ4v) is 2.10. The van der Waals surface area contributed by atoms with E-state index in [2.05, 4.69) is 30.0 Å². The SMILES string of the molecule is CCN1CCc2cc([C@H](C)N)ccc21. The highest BCUT2D eigenvalue weighted by atomic mass is 15.1. The number of anilines is 1. The highest BCUT2D eigenvalue weighted by Gasteiger charge is 2.17. The predicted octanol–water partition coefficient (Wildman–Crippen LogP) is 2.09. The van der Waals surface area contributed by atoms with Gasteiger partial charge in [-0.05, 0) is 37.5 Å². The van der Waals surface area contributed by atoms with Crippen LogP contribution in [0.25, 0.3) is 0 Å². The van der Waals surface area contributed by atoms with Crippen LogP contribution in [0.2, 0.25) is 0 Å². The average Bonchev–Trinajstić information content (AvgIpc) is 2.59. The molecule has 2 heteroatoms. The summed E-state index contributed by atoms with van der Waals surface area (Å²) in [5.41, 5.74) is 9.97. The van der Waals surface area contributed by atoms with Crippen molar-refractivity contribution < 1.29 is 0 Å². The van der Waals surface area contributed by atoms with E-state index in [1.807, 2.05) is 6.92 Å². The predicted molar refractivity (Wildman–Crippen MR) is 60.6 cm³/mol.